The summed E-state index contributed by atoms with van der Waals surface area (Å²) in [4.78, 5) is 11.6. The van der Waals surface area contributed by atoms with E-state index >= 15 is 0 Å². The molecule has 1 aromatic heterocycles. The van der Waals surface area contributed by atoms with Crippen molar-refractivity contribution in [1.29, 1.82) is 0 Å². The molecule has 2 heterocycles. The van der Waals surface area contributed by atoms with Gasteiger partial charge >= 0.3 is 0 Å². The fourth-order valence-corrected chi connectivity index (χ4v) is 4.26. The molecule has 7 nitrogen and oxygen atoms in total. The van der Waals surface area contributed by atoms with E-state index in [1.807, 2.05) is 12.1 Å². The minimum atomic E-state index is 0.296. The Balaban J connectivity index is 1.52. The normalized spacial score (nSPS) is 20.2. The largest absolute Gasteiger partial charge is 0.490 e. The number of ether oxygens (including phenoxy) is 2. The molecule has 1 aliphatic heterocycles. The Hall–Kier alpha value is -1.86. The first-order valence-electron chi connectivity index (χ1n) is 11.1. The average molecular weight is 404 g/mol. The Morgan fingerprint density at radius 3 is 2.79 bits per heavy atom. The number of rotatable bonds is 9. The Morgan fingerprint density at radius 1 is 1.24 bits per heavy atom. The molecule has 1 saturated carbocycles. The lowest BCUT2D eigenvalue weighted by Gasteiger charge is -2.41. The molecular formula is C22H37N5O2. The summed E-state index contributed by atoms with van der Waals surface area (Å²) in [6, 6.07) is 3.80. The quantitative estimate of drug-likeness (QED) is 0.375. The molecule has 2 aliphatic rings. The summed E-state index contributed by atoms with van der Waals surface area (Å²) >= 11 is 0. The smallest absolute Gasteiger partial charge is 0.191 e. The van der Waals surface area contributed by atoms with E-state index in [0.29, 0.717) is 18.6 Å². The first-order chi connectivity index (χ1) is 14.3. The van der Waals surface area contributed by atoms with Gasteiger partial charge in [0, 0.05) is 44.3 Å². The molecular weight excluding hydrogens is 366 g/mol. The molecule has 0 aromatic carbocycles. The van der Waals surface area contributed by atoms with Gasteiger partial charge in [-0.15, -0.1) is 0 Å². The number of guanidine groups is 1. The Bertz CT molecular complexity index is 598. The van der Waals surface area contributed by atoms with Gasteiger partial charge in [-0.2, -0.15) is 0 Å². The van der Waals surface area contributed by atoms with Crippen LogP contribution in [0.1, 0.15) is 39.0 Å². The van der Waals surface area contributed by atoms with E-state index in [1.54, 1.807) is 12.4 Å². The molecule has 0 atom stereocenters. The second-order valence-corrected chi connectivity index (χ2v) is 8.11. The third-order valence-electron chi connectivity index (χ3n) is 5.79. The molecule has 0 amide bonds. The van der Waals surface area contributed by atoms with Gasteiger partial charge in [-0.1, -0.05) is 19.3 Å². The fourth-order valence-electron chi connectivity index (χ4n) is 4.26. The van der Waals surface area contributed by atoms with Crippen LogP contribution in [0.25, 0.3) is 0 Å². The Labute approximate surface area is 175 Å². The number of hydrogen-bond acceptors (Lipinski definition) is 5. The maximum atomic E-state index is 5.72. The molecule has 0 radical (unpaired) electrons. The monoisotopic (exact) mass is 403 g/mol. The molecule has 1 aliphatic carbocycles. The Kier molecular flexibility index (Phi) is 9.02. The summed E-state index contributed by atoms with van der Waals surface area (Å²) in [5.41, 5.74) is 0.296. The van der Waals surface area contributed by atoms with Gasteiger partial charge in [0.25, 0.3) is 0 Å². The molecule has 3 rings (SSSR count). The van der Waals surface area contributed by atoms with Crippen LogP contribution in [0.4, 0.5) is 0 Å². The molecule has 0 unspecified atom stereocenters. The predicted octanol–water partition coefficient (Wildman–Crippen LogP) is 2.30. The zero-order valence-corrected chi connectivity index (χ0v) is 17.9. The lowest BCUT2D eigenvalue weighted by molar-refractivity contribution is 0.00937. The predicted molar refractivity (Wildman–Crippen MR) is 116 cm³/mol. The lowest BCUT2D eigenvalue weighted by atomic mass is 9.73. The minimum Gasteiger partial charge on any atom is -0.490 e. The van der Waals surface area contributed by atoms with Crippen LogP contribution in [-0.2, 0) is 4.74 Å². The van der Waals surface area contributed by atoms with Crippen LogP contribution >= 0.6 is 0 Å². The zero-order valence-electron chi connectivity index (χ0n) is 17.9. The Morgan fingerprint density at radius 2 is 2.07 bits per heavy atom. The van der Waals surface area contributed by atoms with E-state index in [2.05, 4.69) is 27.4 Å². The maximum Gasteiger partial charge on any atom is 0.191 e. The highest BCUT2D eigenvalue weighted by atomic mass is 16.5. The van der Waals surface area contributed by atoms with Gasteiger partial charge in [-0.05, 0) is 31.9 Å². The van der Waals surface area contributed by atoms with E-state index in [-0.39, 0.29) is 0 Å². The third-order valence-corrected chi connectivity index (χ3v) is 5.79. The van der Waals surface area contributed by atoms with E-state index < -0.39 is 0 Å². The number of aromatic nitrogens is 1. The molecule has 1 saturated heterocycles. The van der Waals surface area contributed by atoms with Gasteiger partial charge in [0.2, 0.25) is 0 Å². The van der Waals surface area contributed by atoms with Crippen LogP contribution in [-0.4, -0.2) is 74.9 Å². The number of morpholine rings is 1. The van der Waals surface area contributed by atoms with Crippen molar-refractivity contribution in [3.63, 3.8) is 0 Å². The topological polar surface area (TPSA) is 71.0 Å². The van der Waals surface area contributed by atoms with Crippen molar-refractivity contribution in [3.8, 4) is 5.75 Å². The number of nitrogens with zero attached hydrogens (tertiary/aromatic N) is 3. The van der Waals surface area contributed by atoms with E-state index in [0.717, 1.165) is 57.6 Å². The van der Waals surface area contributed by atoms with Gasteiger partial charge in [-0.25, -0.2) is 0 Å². The third kappa shape index (κ3) is 7.48. The number of pyridine rings is 1. The van der Waals surface area contributed by atoms with Crippen LogP contribution in [0.15, 0.2) is 29.5 Å². The minimum absolute atomic E-state index is 0.296. The summed E-state index contributed by atoms with van der Waals surface area (Å²) in [7, 11) is 0. The van der Waals surface area contributed by atoms with Crippen molar-refractivity contribution < 1.29 is 9.47 Å². The zero-order chi connectivity index (χ0) is 20.2. The van der Waals surface area contributed by atoms with E-state index in [1.165, 1.54) is 32.1 Å². The van der Waals surface area contributed by atoms with Crippen molar-refractivity contribution in [1.82, 2.24) is 20.5 Å². The van der Waals surface area contributed by atoms with Gasteiger partial charge < -0.3 is 20.1 Å². The summed E-state index contributed by atoms with van der Waals surface area (Å²) in [5.74, 6) is 1.68. The van der Waals surface area contributed by atoms with Gasteiger partial charge in [0.1, 0.15) is 12.4 Å². The molecule has 29 heavy (non-hydrogen) atoms. The van der Waals surface area contributed by atoms with Gasteiger partial charge in [-0.3, -0.25) is 14.9 Å². The van der Waals surface area contributed by atoms with Crippen molar-refractivity contribution in [2.75, 3.05) is 59.1 Å². The molecule has 2 fully saturated rings. The number of aliphatic imine (C=N–C) groups is 1. The van der Waals surface area contributed by atoms with Crippen molar-refractivity contribution in [3.05, 3.63) is 24.5 Å². The molecule has 1 aromatic rings. The second kappa shape index (κ2) is 12.0. The molecule has 162 valence electrons. The highest BCUT2D eigenvalue weighted by Crippen LogP contribution is 2.37. The molecule has 0 bridgehead atoms. The van der Waals surface area contributed by atoms with Crippen LogP contribution in [0, 0.1) is 5.41 Å². The average Bonchev–Trinajstić information content (AvgIpc) is 2.77. The van der Waals surface area contributed by atoms with E-state index in [9.17, 15) is 0 Å². The molecule has 0 spiro atoms. The maximum absolute atomic E-state index is 5.72. The van der Waals surface area contributed by atoms with Gasteiger partial charge in [0.05, 0.1) is 26.0 Å². The summed E-state index contributed by atoms with van der Waals surface area (Å²) in [6.45, 7) is 10.1. The summed E-state index contributed by atoms with van der Waals surface area (Å²) < 4.78 is 11.3. The number of hydrogen-bond donors (Lipinski definition) is 2. The summed E-state index contributed by atoms with van der Waals surface area (Å²) in [5, 5.41) is 6.79. The molecule has 7 heteroatoms. The second-order valence-electron chi connectivity index (χ2n) is 8.11. The van der Waals surface area contributed by atoms with Crippen LogP contribution < -0.4 is 15.4 Å². The standard InChI is InChI=1S/C22H37N5O2/c1-2-24-21(25-11-14-29-20-7-6-10-23-17-20)26-18-22(8-4-3-5-9-22)19-27-12-15-28-16-13-27/h6-7,10,17H,2-5,8-9,11-16,18-19H2,1H3,(H2,24,25,26). The van der Waals surface area contributed by atoms with Crippen LogP contribution in [0.5, 0.6) is 5.75 Å². The van der Waals surface area contributed by atoms with Crippen LogP contribution in [0.2, 0.25) is 0 Å². The van der Waals surface area contributed by atoms with Crippen molar-refractivity contribution in [2.45, 2.75) is 39.0 Å². The molecule has 2 N–H and O–H groups in total. The van der Waals surface area contributed by atoms with Crippen LogP contribution in [0.3, 0.4) is 0 Å². The number of nitrogens with one attached hydrogen (secondary N) is 2. The first-order valence-corrected chi connectivity index (χ1v) is 11.1. The summed E-state index contributed by atoms with van der Waals surface area (Å²) in [6.07, 6.45) is 10.0. The highest BCUT2D eigenvalue weighted by molar-refractivity contribution is 5.79. The van der Waals surface area contributed by atoms with E-state index in [4.69, 9.17) is 14.5 Å². The highest BCUT2D eigenvalue weighted by Gasteiger charge is 2.34. The lowest BCUT2D eigenvalue weighted by Crippen LogP contribution is -2.47. The first kappa shape index (κ1) is 21.8. The SMILES string of the molecule is CCNC(=NCC1(CN2CCOCC2)CCCCC1)NCCOc1cccnc1. The van der Waals surface area contributed by atoms with Crippen molar-refractivity contribution >= 4 is 5.96 Å². The van der Waals surface area contributed by atoms with Crippen molar-refractivity contribution in [2.24, 2.45) is 10.4 Å². The van der Waals surface area contributed by atoms with Gasteiger partial charge in [0.15, 0.2) is 5.96 Å². The fraction of sp³-hybridized carbons (Fsp3) is 0.727.